The monoisotopic (exact) mass is 356 g/mol. The molecule has 0 nitrogen and oxygen atoms in total. The van der Waals surface area contributed by atoms with Crippen molar-refractivity contribution < 1.29 is 0 Å². The zero-order chi connectivity index (χ0) is 18.4. The maximum absolute atomic E-state index is 2.22. The molecule has 2 rings (SSSR count). The van der Waals surface area contributed by atoms with Crippen LogP contribution in [0, 0.1) is 20.8 Å². The molecule has 2 aromatic rings. The third-order valence-corrected chi connectivity index (χ3v) is 3.02. The van der Waals surface area contributed by atoms with Gasteiger partial charge in [0.2, 0.25) is 0 Å². The number of aryl methyl sites for hydroxylation is 3. The van der Waals surface area contributed by atoms with Crippen LogP contribution in [0.3, 0.4) is 0 Å². The van der Waals surface area contributed by atoms with E-state index < -0.39 is 0 Å². The topological polar surface area (TPSA) is 0 Å². The van der Waals surface area contributed by atoms with E-state index in [0.717, 1.165) is 0 Å². The van der Waals surface area contributed by atoms with Crippen LogP contribution in [-0.4, -0.2) is 0 Å². The Labute approximate surface area is 160 Å². The summed E-state index contributed by atoms with van der Waals surface area (Å²) in [5.41, 5.74) is 1.42. The van der Waals surface area contributed by atoms with Gasteiger partial charge in [-0.1, -0.05) is 107 Å². The first-order valence-electron chi connectivity index (χ1n) is 8.74. The van der Waals surface area contributed by atoms with Crippen molar-refractivity contribution in [1.82, 2.24) is 0 Å². The quantitative estimate of drug-likeness (QED) is 0.440. The Hall–Kier alpha value is -1.08. The fourth-order valence-corrected chi connectivity index (χ4v) is 2.08. The van der Waals surface area contributed by atoms with Gasteiger partial charge < -0.3 is 0 Å². The van der Waals surface area contributed by atoms with Crippen molar-refractivity contribution in [2.45, 2.75) is 91.0 Å². The molecule has 0 bridgehead atoms. The lowest BCUT2D eigenvalue weighted by Crippen LogP contribution is -1.62. The molecule has 24 heavy (non-hydrogen) atoms. The summed E-state index contributed by atoms with van der Waals surface area (Å²) in [6, 6.07) is 14.2. The number of benzene rings is 1. The van der Waals surface area contributed by atoms with Gasteiger partial charge in [-0.05, 0) is 32.4 Å². The summed E-state index contributed by atoms with van der Waals surface area (Å²) in [4.78, 5) is 2.86. The Kier molecular flexibility index (Phi) is 60.7. The molecule has 1 aromatic heterocycles. The van der Waals surface area contributed by atoms with Crippen LogP contribution in [0.2, 0.25) is 0 Å². The molecule has 0 N–H and O–H groups in total. The molecule has 0 amide bonds. The molecule has 146 valence electrons. The number of hydrogen-bond acceptors (Lipinski definition) is 1. The minimum atomic E-state index is 0. The average Bonchev–Trinajstić information content (AvgIpc) is 2.93. The summed E-state index contributed by atoms with van der Waals surface area (Å²) < 4.78 is 0. The van der Waals surface area contributed by atoms with Gasteiger partial charge >= 0.3 is 0 Å². The van der Waals surface area contributed by atoms with Gasteiger partial charge in [0.15, 0.2) is 0 Å². The lowest BCUT2D eigenvalue weighted by molar-refractivity contribution is 1.43. The SMILES string of the molecule is C.C.CC.CC.CC.CC.Cc1cc(C)c(C)s1.c1ccccc1. The molecule has 0 spiro atoms. The molecular weight excluding hydrogens is 308 g/mol. The number of hydrogen-bond donors (Lipinski definition) is 0. The Balaban J connectivity index is -0.0000000457. The lowest BCUT2D eigenvalue weighted by Gasteiger charge is -1.79. The van der Waals surface area contributed by atoms with E-state index in [9.17, 15) is 0 Å². The van der Waals surface area contributed by atoms with E-state index in [1.165, 1.54) is 15.3 Å². The second kappa shape index (κ2) is 37.9. The van der Waals surface area contributed by atoms with Crippen molar-refractivity contribution in [3.05, 3.63) is 57.8 Å². The first kappa shape index (κ1) is 38.5. The van der Waals surface area contributed by atoms with Gasteiger partial charge in [0.1, 0.15) is 0 Å². The van der Waals surface area contributed by atoms with Gasteiger partial charge in [-0.3, -0.25) is 0 Å². The molecule has 0 unspecified atom stereocenters. The minimum Gasteiger partial charge on any atom is -0.146 e. The summed E-state index contributed by atoms with van der Waals surface area (Å²) in [6.45, 7) is 22.5. The van der Waals surface area contributed by atoms with Crippen LogP contribution in [0.1, 0.15) is 85.6 Å². The molecule has 0 aliphatic carbocycles. The van der Waals surface area contributed by atoms with Crippen LogP contribution >= 0.6 is 11.3 Å². The van der Waals surface area contributed by atoms with Crippen LogP contribution in [0.4, 0.5) is 0 Å². The van der Waals surface area contributed by atoms with Gasteiger partial charge in [0.05, 0.1) is 0 Å². The van der Waals surface area contributed by atoms with Crippen LogP contribution in [0.5, 0.6) is 0 Å². The minimum absolute atomic E-state index is 0. The standard InChI is InChI=1S/C7H10S.C6H6.4C2H6.2CH4/c1-5-4-6(2)8-7(5)3;1-2-4-6-5-3-1;4*1-2;;/h4H,1-3H3;1-6H;4*1-2H3;2*1H4. The highest BCUT2D eigenvalue weighted by atomic mass is 32.1. The maximum atomic E-state index is 2.22. The molecule has 0 saturated carbocycles. The van der Waals surface area contributed by atoms with E-state index in [0.29, 0.717) is 0 Å². The van der Waals surface area contributed by atoms with E-state index in [-0.39, 0.29) is 14.9 Å². The van der Waals surface area contributed by atoms with E-state index in [4.69, 9.17) is 0 Å². The van der Waals surface area contributed by atoms with Crippen LogP contribution in [0.25, 0.3) is 0 Å². The normalized spacial score (nSPS) is 6.29. The zero-order valence-electron chi connectivity index (χ0n) is 16.9. The summed E-state index contributed by atoms with van der Waals surface area (Å²) in [7, 11) is 0. The fraction of sp³-hybridized carbons (Fsp3) is 0.565. The van der Waals surface area contributed by atoms with Crippen molar-refractivity contribution in [2.75, 3.05) is 0 Å². The smallest absolute Gasteiger partial charge is 0.00462 e. The van der Waals surface area contributed by atoms with Gasteiger partial charge in [-0.15, -0.1) is 11.3 Å². The number of thiophene rings is 1. The third kappa shape index (κ3) is 29.0. The molecular formula is C23H48S. The molecule has 1 aromatic carbocycles. The molecule has 0 aliphatic heterocycles. The first-order chi connectivity index (χ1) is 10.7. The van der Waals surface area contributed by atoms with Gasteiger partial charge in [-0.2, -0.15) is 0 Å². The Morgan fingerprint density at radius 1 is 0.542 bits per heavy atom. The highest BCUT2D eigenvalue weighted by molar-refractivity contribution is 7.12. The van der Waals surface area contributed by atoms with Gasteiger partial charge in [-0.25, -0.2) is 0 Å². The highest BCUT2D eigenvalue weighted by Gasteiger charge is 1.93. The summed E-state index contributed by atoms with van der Waals surface area (Å²) in [6.07, 6.45) is 0. The summed E-state index contributed by atoms with van der Waals surface area (Å²) in [5, 5.41) is 0. The predicted octanol–water partition coefficient (Wildman–Crippen LogP) is 9.74. The molecule has 0 aliphatic rings. The molecule has 0 fully saturated rings. The van der Waals surface area contributed by atoms with E-state index in [2.05, 4.69) is 26.8 Å². The van der Waals surface area contributed by atoms with Gasteiger partial charge in [0, 0.05) is 9.75 Å². The van der Waals surface area contributed by atoms with Crippen LogP contribution in [-0.2, 0) is 0 Å². The molecule has 0 atom stereocenters. The van der Waals surface area contributed by atoms with Gasteiger partial charge in [0.25, 0.3) is 0 Å². The average molecular weight is 357 g/mol. The van der Waals surface area contributed by atoms with Crippen LogP contribution < -0.4 is 0 Å². The van der Waals surface area contributed by atoms with Crippen molar-refractivity contribution >= 4 is 11.3 Å². The van der Waals surface area contributed by atoms with E-state index >= 15 is 0 Å². The second-order valence-corrected chi connectivity index (χ2v) is 4.71. The summed E-state index contributed by atoms with van der Waals surface area (Å²) >= 11 is 1.87. The van der Waals surface area contributed by atoms with Crippen molar-refractivity contribution in [3.8, 4) is 0 Å². The lowest BCUT2D eigenvalue weighted by atomic mass is 10.3. The predicted molar refractivity (Wildman–Crippen MR) is 124 cm³/mol. The van der Waals surface area contributed by atoms with Crippen molar-refractivity contribution in [3.63, 3.8) is 0 Å². The Morgan fingerprint density at radius 2 is 0.792 bits per heavy atom. The molecule has 1 heterocycles. The fourth-order valence-electron chi connectivity index (χ4n) is 1.14. The maximum Gasteiger partial charge on any atom is 0.00462 e. The molecule has 1 heteroatoms. The number of rotatable bonds is 0. The first-order valence-corrected chi connectivity index (χ1v) is 9.55. The van der Waals surface area contributed by atoms with Crippen molar-refractivity contribution in [1.29, 1.82) is 0 Å². The van der Waals surface area contributed by atoms with E-state index in [1.54, 1.807) is 0 Å². The second-order valence-electron chi connectivity index (χ2n) is 3.25. The molecule has 0 saturated heterocycles. The Morgan fingerprint density at radius 3 is 0.875 bits per heavy atom. The Bertz CT molecular complexity index is 315. The zero-order valence-corrected chi connectivity index (χ0v) is 17.8. The van der Waals surface area contributed by atoms with E-state index in [1.807, 2.05) is 103 Å². The van der Waals surface area contributed by atoms with Crippen molar-refractivity contribution in [2.24, 2.45) is 0 Å². The third-order valence-electron chi connectivity index (χ3n) is 1.96. The summed E-state index contributed by atoms with van der Waals surface area (Å²) in [5.74, 6) is 0. The largest absolute Gasteiger partial charge is 0.146 e. The molecule has 0 radical (unpaired) electrons. The van der Waals surface area contributed by atoms with Crippen LogP contribution in [0.15, 0.2) is 42.5 Å². The highest BCUT2D eigenvalue weighted by Crippen LogP contribution is 2.18.